The Morgan fingerprint density at radius 3 is 1.64 bits per heavy atom. The molecule has 0 aromatic heterocycles. The van der Waals surface area contributed by atoms with Crippen molar-refractivity contribution in [3.05, 3.63) is 0 Å². The highest BCUT2D eigenvalue weighted by Gasteiger charge is 2.33. The first kappa shape index (κ1) is 14.3. The fourth-order valence-corrected chi connectivity index (χ4v) is 6.33. The Balaban J connectivity index is 4.16. The van der Waals surface area contributed by atoms with Gasteiger partial charge in [0.15, 0.2) is 0 Å². The smallest absolute Gasteiger partial charge is 0.334 e. The zero-order valence-electron chi connectivity index (χ0n) is 10.7. The van der Waals surface area contributed by atoms with Gasteiger partial charge in [-0.15, -0.1) is 0 Å². The van der Waals surface area contributed by atoms with Crippen molar-refractivity contribution in [2.24, 2.45) is 0 Å². The minimum absolute atomic E-state index is 1.09. The molecule has 0 saturated heterocycles. The molecule has 0 unspecified atom stereocenters. The van der Waals surface area contributed by atoms with Gasteiger partial charge in [-0.25, -0.2) is 0 Å². The second-order valence-electron chi connectivity index (χ2n) is 4.75. The van der Waals surface area contributed by atoms with E-state index >= 15 is 0 Å². The maximum absolute atomic E-state index is 5.48. The van der Waals surface area contributed by atoms with Crippen molar-refractivity contribution in [3.63, 3.8) is 0 Å². The Morgan fingerprint density at radius 2 is 1.36 bits per heavy atom. The third-order valence-electron chi connectivity index (χ3n) is 3.27. The quantitative estimate of drug-likeness (QED) is 0.658. The predicted octanol–water partition coefficient (Wildman–Crippen LogP) is 2.12. The van der Waals surface area contributed by atoms with Crippen molar-refractivity contribution in [1.29, 1.82) is 0 Å². The highest BCUT2D eigenvalue weighted by atomic mass is 28.4. The van der Waals surface area contributed by atoms with Gasteiger partial charge >= 0.3 is 8.56 Å². The standard InChI is InChI=1S/C9H25NO2Si2/c1-10(2)13(5,6)8-9-14(7,11-3)12-4/h8-9H2,1-7H3. The monoisotopic (exact) mass is 235 g/mol. The molecule has 0 aromatic rings. The molecule has 0 heterocycles. The van der Waals surface area contributed by atoms with Crippen LogP contribution in [0.5, 0.6) is 0 Å². The molecule has 0 rings (SSSR count). The lowest BCUT2D eigenvalue weighted by Gasteiger charge is -2.33. The second kappa shape index (κ2) is 5.41. The molecule has 0 spiro atoms. The van der Waals surface area contributed by atoms with Crippen LogP contribution in [0.4, 0.5) is 0 Å². The SMILES string of the molecule is CO[Si](C)(CC[Si](C)(C)N(C)C)OC. The lowest BCUT2D eigenvalue weighted by molar-refractivity contribution is 0.251. The lowest BCUT2D eigenvalue weighted by atomic mass is 10.9. The Hall–Kier alpha value is 0.314. The van der Waals surface area contributed by atoms with Crippen LogP contribution >= 0.6 is 0 Å². The largest absolute Gasteiger partial charge is 0.398 e. The van der Waals surface area contributed by atoms with Crippen molar-refractivity contribution in [2.45, 2.75) is 31.7 Å². The van der Waals surface area contributed by atoms with Gasteiger partial charge in [-0.2, -0.15) is 0 Å². The van der Waals surface area contributed by atoms with Crippen LogP contribution in [0.15, 0.2) is 0 Å². The number of rotatable bonds is 6. The minimum atomic E-state index is -1.84. The molecular weight excluding hydrogens is 210 g/mol. The highest BCUT2D eigenvalue weighted by Crippen LogP contribution is 2.22. The topological polar surface area (TPSA) is 21.7 Å². The summed E-state index contributed by atoms with van der Waals surface area (Å²) in [6.45, 7) is 6.90. The summed E-state index contributed by atoms with van der Waals surface area (Å²) in [7, 11) is 4.81. The summed E-state index contributed by atoms with van der Waals surface area (Å²) in [5.74, 6) is 0. The molecule has 0 fully saturated rings. The first-order valence-electron chi connectivity index (χ1n) is 5.05. The maximum atomic E-state index is 5.48. The molecule has 0 saturated carbocycles. The molecular formula is C9H25NO2Si2. The summed E-state index contributed by atoms with van der Waals surface area (Å²) in [5.41, 5.74) is 0. The molecule has 0 N–H and O–H groups in total. The van der Waals surface area contributed by atoms with Crippen LogP contribution in [0.25, 0.3) is 0 Å². The van der Waals surface area contributed by atoms with Crippen LogP contribution in [0.3, 0.4) is 0 Å². The Labute approximate surface area is 90.7 Å². The first-order chi connectivity index (χ1) is 6.27. The van der Waals surface area contributed by atoms with Crippen molar-refractivity contribution >= 4 is 16.8 Å². The van der Waals surface area contributed by atoms with Crippen LogP contribution < -0.4 is 0 Å². The van der Waals surface area contributed by atoms with E-state index in [0.717, 1.165) is 6.04 Å². The molecule has 14 heavy (non-hydrogen) atoms. The van der Waals surface area contributed by atoms with Gasteiger partial charge in [0, 0.05) is 14.2 Å². The van der Waals surface area contributed by atoms with E-state index in [4.69, 9.17) is 8.85 Å². The van der Waals surface area contributed by atoms with E-state index in [2.05, 4.69) is 38.3 Å². The number of hydrogen-bond donors (Lipinski definition) is 0. The van der Waals surface area contributed by atoms with Crippen molar-refractivity contribution in [2.75, 3.05) is 28.3 Å². The number of nitrogens with zero attached hydrogens (tertiary/aromatic N) is 1. The molecule has 0 aliphatic carbocycles. The van der Waals surface area contributed by atoms with Gasteiger partial charge in [0.25, 0.3) is 0 Å². The summed E-state index contributed by atoms with van der Waals surface area (Å²) in [5, 5.41) is 0. The average molecular weight is 235 g/mol. The van der Waals surface area contributed by atoms with E-state index in [0.29, 0.717) is 0 Å². The van der Waals surface area contributed by atoms with Crippen LogP contribution in [0.1, 0.15) is 0 Å². The van der Waals surface area contributed by atoms with Crippen LogP contribution in [-0.2, 0) is 8.85 Å². The van der Waals surface area contributed by atoms with Crippen molar-refractivity contribution in [3.8, 4) is 0 Å². The van der Waals surface area contributed by atoms with Gasteiger partial charge in [-0.1, -0.05) is 13.1 Å². The van der Waals surface area contributed by atoms with Gasteiger partial charge in [-0.05, 0) is 32.7 Å². The van der Waals surface area contributed by atoms with Crippen LogP contribution in [0, 0.1) is 0 Å². The van der Waals surface area contributed by atoms with Crippen LogP contribution in [-0.4, -0.2) is 49.7 Å². The van der Waals surface area contributed by atoms with Gasteiger partial charge in [0.1, 0.15) is 8.24 Å². The van der Waals surface area contributed by atoms with Gasteiger partial charge < -0.3 is 13.4 Å². The van der Waals surface area contributed by atoms with E-state index in [9.17, 15) is 0 Å². The lowest BCUT2D eigenvalue weighted by Crippen LogP contribution is -2.46. The molecule has 0 amide bonds. The van der Waals surface area contributed by atoms with E-state index in [1.807, 2.05) is 0 Å². The molecule has 5 heteroatoms. The zero-order chi connectivity index (χ0) is 11.4. The van der Waals surface area contributed by atoms with E-state index in [-0.39, 0.29) is 0 Å². The zero-order valence-corrected chi connectivity index (χ0v) is 12.7. The van der Waals surface area contributed by atoms with Crippen LogP contribution in [0.2, 0.25) is 31.7 Å². The van der Waals surface area contributed by atoms with E-state index < -0.39 is 16.8 Å². The molecule has 0 bridgehead atoms. The minimum Gasteiger partial charge on any atom is -0.398 e. The molecule has 0 aliphatic heterocycles. The summed E-state index contributed by atoms with van der Waals surface area (Å²) in [4.78, 5) is 0. The predicted molar refractivity (Wildman–Crippen MR) is 66.4 cm³/mol. The third-order valence-corrected chi connectivity index (χ3v) is 10.5. The first-order valence-corrected chi connectivity index (χ1v) is 10.7. The molecule has 0 aliphatic rings. The number of hydrogen-bond acceptors (Lipinski definition) is 3. The van der Waals surface area contributed by atoms with Crippen molar-refractivity contribution < 1.29 is 8.85 Å². The summed E-state index contributed by atoms with van der Waals surface area (Å²) < 4.78 is 13.3. The molecule has 3 nitrogen and oxygen atoms in total. The third kappa shape index (κ3) is 4.23. The normalized spacial score (nSPS) is 13.7. The van der Waals surface area contributed by atoms with Gasteiger partial charge in [-0.3, -0.25) is 0 Å². The van der Waals surface area contributed by atoms with E-state index in [1.54, 1.807) is 14.2 Å². The molecule has 0 aromatic carbocycles. The van der Waals surface area contributed by atoms with E-state index in [1.165, 1.54) is 6.04 Å². The maximum Gasteiger partial charge on any atom is 0.334 e. The Kier molecular flexibility index (Phi) is 5.53. The highest BCUT2D eigenvalue weighted by molar-refractivity contribution is 6.77. The summed E-state index contributed by atoms with van der Waals surface area (Å²) in [6.07, 6.45) is 0. The Bertz CT molecular complexity index is 165. The summed E-state index contributed by atoms with van der Waals surface area (Å²) >= 11 is 0. The Morgan fingerprint density at radius 1 is 0.929 bits per heavy atom. The van der Waals surface area contributed by atoms with Crippen molar-refractivity contribution in [1.82, 2.24) is 4.57 Å². The second-order valence-corrected chi connectivity index (χ2v) is 13.4. The average Bonchev–Trinajstić information content (AvgIpc) is 2.14. The fourth-order valence-electron chi connectivity index (χ4n) is 1.04. The fraction of sp³-hybridized carbons (Fsp3) is 1.00. The summed E-state index contributed by atoms with van der Waals surface area (Å²) in [6, 6.07) is 2.34. The molecule has 0 atom stereocenters. The van der Waals surface area contributed by atoms with Gasteiger partial charge in [0.2, 0.25) is 0 Å². The molecule has 0 radical (unpaired) electrons. The molecule has 86 valence electrons. The van der Waals surface area contributed by atoms with Gasteiger partial charge in [0.05, 0.1) is 0 Å².